The lowest BCUT2D eigenvalue weighted by atomic mass is 9.98. The lowest BCUT2D eigenvalue weighted by Gasteiger charge is -2.38. The summed E-state index contributed by atoms with van der Waals surface area (Å²) < 4.78 is 0. The summed E-state index contributed by atoms with van der Waals surface area (Å²) >= 11 is 0. The molecule has 0 aliphatic carbocycles. The molecule has 2 aromatic carbocycles. The summed E-state index contributed by atoms with van der Waals surface area (Å²) in [5.41, 5.74) is 2.95. The van der Waals surface area contributed by atoms with E-state index in [0.717, 1.165) is 24.2 Å². The van der Waals surface area contributed by atoms with Crippen LogP contribution < -0.4 is 0 Å². The van der Waals surface area contributed by atoms with Crippen molar-refractivity contribution in [1.29, 1.82) is 0 Å². The third-order valence-corrected chi connectivity index (χ3v) is 5.70. The largest absolute Gasteiger partial charge is 0.312 e. The molecule has 0 N–H and O–H groups in total. The molecule has 0 spiro atoms. The lowest BCUT2D eigenvalue weighted by molar-refractivity contribution is 0.0205. The standard InChI is InChI=1S/C21H24N2O/c1-15(2)19-14-22(13-16-9-5-4-6-10-16)21(3)18-12-8-7-11-17(18)20(24)23(19)21/h4-12,15,19H,13-14H2,1-3H3/t19-,21-/m1/s1. The summed E-state index contributed by atoms with van der Waals surface area (Å²) in [7, 11) is 0. The molecule has 2 heterocycles. The molecule has 2 aliphatic rings. The fraction of sp³-hybridized carbons (Fsp3) is 0.381. The second-order valence-corrected chi connectivity index (χ2v) is 7.42. The molecule has 0 bridgehead atoms. The van der Waals surface area contributed by atoms with Crippen LogP contribution in [0, 0.1) is 5.92 Å². The molecule has 1 fully saturated rings. The number of fused-ring (bicyclic) bond motifs is 3. The van der Waals surface area contributed by atoms with Gasteiger partial charge in [0.05, 0.1) is 0 Å². The van der Waals surface area contributed by atoms with Crippen molar-refractivity contribution in [3.8, 4) is 0 Å². The number of rotatable bonds is 3. The van der Waals surface area contributed by atoms with Crippen LogP contribution in [0.3, 0.4) is 0 Å². The minimum atomic E-state index is -0.349. The van der Waals surface area contributed by atoms with Crippen LogP contribution in [0.15, 0.2) is 54.6 Å². The summed E-state index contributed by atoms with van der Waals surface area (Å²) in [4.78, 5) is 17.7. The SMILES string of the molecule is CC(C)[C@H]1CN(Cc2ccccc2)[C@@]2(C)c3ccccc3C(=O)N12. The van der Waals surface area contributed by atoms with E-state index in [1.54, 1.807) is 0 Å². The number of hydrogen-bond acceptors (Lipinski definition) is 2. The van der Waals surface area contributed by atoms with E-state index >= 15 is 0 Å². The van der Waals surface area contributed by atoms with Crippen molar-refractivity contribution in [1.82, 2.24) is 9.80 Å². The quantitative estimate of drug-likeness (QED) is 0.857. The Hall–Kier alpha value is -2.13. The monoisotopic (exact) mass is 320 g/mol. The predicted molar refractivity (Wildman–Crippen MR) is 95.4 cm³/mol. The Bertz CT molecular complexity index is 770. The first-order chi connectivity index (χ1) is 11.5. The van der Waals surface area contributed by atoms with Gasteiger partial charge in [-0.3, -0.25) is 9.69 Å². The topological polar surface area (TPSA) is 23.6 Å². The van der Waals surface area contributed by atoms with Gasteiger partial charge in [0.25, 0.3) is 5.91 Å². The van der Waals surface area contributed by atoms with Crippen LogP contribution in [0.2, 0.25) is 0 Å². The Labute approximate surface area is 143 Å². The van der Waals surface area contributed by atoms with Crippen LogP contribution >= 0.6 is 0 Å². The molecule has 2 aliphatic heterocycles. The Morgan fingerprint density at radius 2 is 1.75 bits per heavy atom. The maximum absolute atomic E-state index is 13.1. The highest BCUT2D eigenvalue weighted by molar-refractivity contribution is 6.00. The van der Waals surface area contributed by atoms with Crippen molar-refractivity contribution in [3.05, 3.63) is 71.3 Å². The van der Waals surface area contributed by atoms with Crippen molar-refractivity contribution in [2.24, 2.45) is 5.92 Å². The molecular formula is C21H24N2O. The van der Waals surface area contributed by atoms with E-state index in [4.69, 9.17) is 0 Å². The minimum Gasteiger partial charge on any atom is -0.312 e. The van der Waals surface area contributed by atoms with Crippen LogP contribution in [0.1, 0.15) is 42.3 Å². The predicted octanol–water partition coefficient (Wildman–Crippen LogP) is 3.86. The van der Waals surface area contributed by atoms with Gasteiger partial charge in [-0.05, 0) is 24.5 Å². The number of amides is 1. The molecule has 0 aromatic heterocycles. The van der Waals surface area contributed by atoms with Crippen LogP contribution in [-0.2, 0) is 12.2 Å². The van der Waals surface area contributed by atoms with Crippen molar-refractivity contribution in [2.75, 3.05) is 6.54 Å². The van der Waals surface area contributed by atoms with Gasteiger partial charge in [0.2, 0.25) is 0 Å². The van der Waals surface area contributed by atoms with E-state index in [1.807, 2.05) is 24.3 Å². The average molecular weight is 320 g/mol. The Morgan fingerprint density at radius 1 is 1.08 bits per heavy atom. The molecular weight excluding hydrogens is 296 g/mol. The first-order valence-corrected chi connectivity index (χ1v) is 8.75. The maximum atomic E-state index is 13.1. The van der Waals surface area contributed by atoms with Gasteiger partial charge in [-0.1, -0.05) is 62.4 Å². The van der Waals surface area contributed by atoms with Gasteiger partial charge in [0.15, 0.2) is 0 Å². The normalized spacial score (nSPS) is 26.1. The van der Waals surface area contributed by atoms with Gasteiger partial charge in [0, 0.05) is 30.3 Å². The second-order valence-electron chi connectivity index (χ2n) is 7.42. The highest BCUT2D eigenvalue weighted by atomic mass is 16.2. The van der Waals surface area contributed by atoms with Gasteiger partial charge < -0.3 is 4.90 Å². The number of benzene rings is 2. The smallest absolute Gasteiger partial charge is 0.256 e. The summed E-state index contributed by atoms with van der Waals surface area (Å²) in [6.07, 6.45) is 0. The second kappa shape index (κ2) is 5.45. The molecule has 124 valence electrons. The molecule has 1 amide bonds. The molecule has 24 heavy (non-hydrogen) atoms. The zero-order valence-corrected chi connectivity index (χ0v) is 14.6. The van der Waals surface area contributed by atoms with Crippen molar-refractivity contribution < 1.29 is 4.79 Å². The first-order valence-electron chi connectivity index (χ1n) is 8.75. The van der Waals surface area contributed by atoms with Gasteiger partial charge in [0.1, 0.15) is 5.66 Å². The van der Waals surface area contributed by atoms with Crippen LogP contribution in [0.4, 0.5) is 0 Å². The zero-order valence-electron chi connectivity index (χ0n) is 14.6. The average Bonchev–Trinajstić information content (AvgIpc) is 3.00. The Morgan fingerprint density at radius 3 is 2.46 bits per heavy atom. The van der Waals surface area contributed by atoms with Gasteiger partial charge in [-0.25, -0.2) is 0 Å². The van der Waals surface area contributed by atoms with Crippen molar-refractivity contribution in [2.45, 2.75) is 39.0 Å². The molecule has 3 nitrogen and oxygen atoms in total. The van der Waals surface area contributed by atoms with Gasteiger partial charge in [-0.2, -0.15) is 0 Å². The molecule has 0 radical (unpaired) electrons. The Kier molecular flexibility index (Phi) is 3.50. The minimum absolute atomic E-state index is 0.183. The molecule has 1 saturated heterocycles. The van der Waals surface area contributed by atoms with Crippen LogP contribution in [0.25, 0.3) is 0 Å². The van der Waals surface area contributed by atoms with Crippen molar-refractivity contribution in [3.63, 3.8) is 0 Å². The highest BCUT2D eigenvalue weighted by Crippen LogP contribution is 2.48. The number of carbonyl (C=O) groups excluding carboxylic acids is 1. The number of carbonyl (C=O) groups is 1. The van der Waals surface area contributed by atoms with E-state index in [1.165, 1.54) is 5.56 Å². The van der Waals surface area contributed by atoms with Crippen LogP contribution in [0.5, 0.6) is 0 Å². The third-order valence-electron chi connectivity index (χ3n) is 5.70. The maximum Gasteiger partial charge on any atom is 0.256 e. The van der Waals surface area contributed by atoms with E-state index in [-0.39, 0.29) is 17.6 Å². The number of nitrogens with zero attached hydrogens (tertiary/aromatic N) is 2. The van der Waals surface area contributed by atoms with Crippen LogP contribution in [-0.4, -0.2) is 28.3 Å². The van der Waals surface area contributed by atoms with E-state index < -0.39 is 0 Å². The highest BCUT2D eigenvalue weighted by Gasteiger charge is 2.57. The van der Waals surface area contributed by atoms with Crippen molar-refractivity contribution >= 4 is 5.91 Å². The molecule has 3 heteroatoms. The summed E-state index contributed by atoms with van der Waals surface area (Å²) in [6, 6.07) is 18.9. The lowest BCUT2D eigenvalue weighted by Crippen LogP contribution is -2.47. The molecule has 4 rings (SSSR count). The van der Waals surface area contributed by atoms with E-state index in [2.05, 4.69) is 60.9 Å². The fourth-order valence-corrected chi connectivity index (χ4v) is 4.35. The zero-order chi connectivity index (χ0) is 16.9. The molecule has 2 atom stereocenters. The van der Waals surface area contributed by atoms with E-state index in [9.17, 15) is 4.79 Å². The first kappa shape index (κ1) is 15.4. The summed E-state index contributed by atoms with van der Waals surface area (Å²) in [5, 5.41) is 0. The molecule has 2 aromatic rings. The Balaban J connectivity index is 1.80. The van der Waals surface area contributed by atoms with E-state index in [0.29, 0.717) is 5.92 Å². The summed E-state index contributed by atoms with van der Waals surface area (Å²) in [6.45, 7) is 8.42. The van der Waals surface area contributed by atoms with Gasteiger partial charge in [-0.15, -0.1) is 0 Å². The van der Waals surface area contributed by atoms with Gasteiger partial charge >= 0.3 is 0 Å². The molecule has 0 unspecified atom stereocenters. The fourth-order valence-electron chi connectivity index (χ4n) is 4.35. The summed E-state index contributed by atoms with van der Waals surface area (Å²) in [5.74, 6) is 0.616. The number of hydrogen-bond donors (Lipinski definition) is 0. The third kappa shape index (κ3) is 2.04. The molecule has 0 saturated carbocycles.